The fraction of sp³-hybridized carbons (Fsp3) is 0.526. The second kappa shape index (κ2) is 6.06. The van der Waals surface area contributed by atoms with E-state index in [1.165, 1.54) is 0 Å². The molecule has 0 spiro atoms. The first-order chi connectivity index (χ1) is 11.9. The molecular weight excluding hydrogens is 329 g/mol. The number of allylic oxidation sites excluding steroid dienone is 4. The zero-order chi connectivity index (χ0) is 17.6. The largest absolute Gasteiger partial charge is 0.393 e. The molecule has 2 atom stereocenters. The number of alkyl halides is 3. The second-order valence-corrected chi connectivity index (χ2v) is 7.10. The molecular formula is C19H19F3N2O. The van der Waals surface area contributed by atoms with Crippen molar-refractivity contribution in [1.82, 2.24) is 9.55 Å². The molecule has 2 aliphatic carbocycles. The van der Waals surface area contributed by atoms with E-state index in [4.69, 9.17) is 0 Å². The number of rotatable bonds is 3. The van der Waals surface area contributed by atoms with Gasteiger partial charge in [0.15, 0.2) is 0 Å². The molecule has 3 nitrogen and oxygen atoms in total. The van der Waals surface area contributed by atoms with Gasteiger partial charge in [-0.25, -0.2) is 4.98 Å². The predicted molar refractivity (Wildman–Crippen MR) is 86.5 cm³/mol. The number of nitrogens with zero attached hydrogens (tertiary/aromatic N) is 2. The monoisotopic (exact) mass is 348 g/mol. The van der Waals surface area contributed by atoms with E-state index >= 15 is 0 Å². The van der Waals surface area contributed by atoms with E-state index in [-0.39, 0.29) is 24.8 Å². The molecule has 3 aliphatic rings. The first-order valence-corrected chi connectivity index (χ1v) is 8.64. The van der Waals surface area contributed by atoms with Crippen LogP contribution in [0.5, 0.6) is 0 Å². The zero-order valence-electron chi connectivity index (χ0n) is 13.6. The van der Waals surface area contributed by atoms with E-state index in [0.29, 0.717) is 19.3 Å². The Balaban J connectivity index is 1.46. The van der Waals surface area contributed by atoms with Crippen LogP contribution in [0.2, 0.25) is 0 Å². The summed E-state index contributed by atoms with van der Waals surface area (Å²) in [7, 11) is 0. The summed E-state index contributed by atoms with van der Waals surface area (Å²) in [6.45, 7) is 0. The molecule has 1 aromatic rings. The average molecular weight is 348 g/mol. The van der Waals surface area contributed by atoms with Crippen LogP contribution in [0, 0.1) is 11.8 Å². The summed E-state index contributed by atoms with van der Waals surface area (Å²) < 4.78 is 40.5. The number of aliphatic hydroxyl groups is 1. The molecule has 0 saturated heterocycles. The summed E-state index contributed by atoms with van der Waals surface area (Å²) in [5, 5.41) is 10.7. The molecule has 6 heteroatoms. The molecule has 2 heterocycles. The highest BCUT2D eigenvalue weighted by atomic mass is 19.4. The van der Waals surface area contributed by atoms with Gasteiger partial charge in [-0.3, -0.25) is 0 Å². The standard InChI is InChI=1S/C19H19F3N2O/c20-19(21,22)13-7-5-12(6-8-13)18(25)9-16-14-3-1-2-4-15(14)17-10-23-11-24(16)17/h3-4,10-13,16,18,25H,5-9H2. The van der Waals surface area contributed by atoms with Crippen LogP contribution in [0.25, 0.3) is 5.57 Å². The van der Waals surface area contributed by atoms with Crippen LogP contribution in [0.15, 0.2) is 41.7 Å². The van der Waals surface area contributed by atoms with E-state index in [2.05, 4.69) is 16.4 Å². The van der Waals surface area contributed by atoms with Gasteiger partial charge in [0.05, 0.1) is 36.3 Å². The van der Waals surface area contributed by atoms with Crippen LogP contribution < -0.4 is 0 Å². The molecule has 0 amide bonds. The molecule has 132 valence electrons. The fourth-order valence-electron chi connectivity index (χ4n) is 4.30. The average Bonchev–Trinajstić information content (AvgIpc) is 3.17. The lowest BCUT2D eigenvalue weighted by molar-refractivity contribution is -0.185. The first kappa shape index (κ1) is 16.5. The van der Waals surface area contributed by atoms with Gasteiger partial charge in [-0.1, -0.05) is 11.5 Å². The Morgan fingerprint density at radius 3 is 2.64 bits per heavy atom. The minimum atomic E-state index is -4.11. The normalized spacial score (nSPS) is 29.0. The molecule has 0 aromatic carbocycles. The molecule has 0 bridgehead atoms. The van der Waals surface area contributed by atoms with Crippen molar-refractivity contribution in [2.24, 2.45) is 11.8 Å². The van der Waals surface area contributed by atoms with E-state index in [1.807, 2.05) is 16.7 Å². The van der Waals surface area contributed by atoms with Gasteiger partial charge >= 0.3 is 6.18 Å². The van der Waals surface area contributed by atoms with E-state index in [0.717, 1.165) is 16.8 Å². The molecule has 4 rings (SSSR count). The molecule has 1 aliphatic heterocycles. The van der Waals surface area contributed by atoms with Crippen LogP contribution in [0.3, 0.4) is 0 Å². The fourth-order valence-corrected chi connectivity index (χ4v) is 4.30. The maximum atomic E-state index is 12.8. The van der Waals surface area contributed by atoms with Gasteiger partial charge in [-0.2, -0.15) is 13.2 Å². The Morgan fingerprint density at radius 1 is 1.20 bits per heavy atom. The van der Waals surface area contributed by atoms with Crippen molar-refractivity contribution in [1.29, 1.82) is 0 Å². The van der Waals surface area contributed by atoms with Crippen LogP contribution >= 0.6 is 0 Å². The third kappa shape index (κ3) is 2.91. The number of fused-ring (bicyclic) bond motifs is 2. The Bertz CT molecular complexity index is 799. The number of hydrogen-bond acceptors (Lipinski definition) is 2. The number of aromatic nitrogens is 2. The summed E-state index contributed by atoms with van der Waals surface area (Å²) in [4.78, 5) is 4.18. The number of hydrogen-bond donors (Lipinski definition) is 1. The quantitative estimate of drug-likeness (QED) is 0.832. The van der Waals surface area contributed by atoms with Gasteiger partial charge in [0.1, 0.15) is 0 Å². The Morgan fingerprint density at radius 2 is 1.92 bits per heavy atom. The molecule has 25 heavy (non-hydrogen) atoms. The maximum Gasteiger partial charge on any atom is 0.391 e. The highest BCUT2D eigenvalue weighted by molar-refractivity contribution is 5.81. The van der Waals surface area contributed by atoms with Crippen molar-refractivity contribution in [2.45, 2.75) is 50.4 Å². The minimum absolute atomic E-state index is 0.0475. The van der Waals surface area contributed by atoms with Crippen molar-refractivity contribution in [3.8, 4) is 0 Å². The molecule has 1 aromatic heterocycles. The summed E-state index contributed by atoms with van der Waals surface area (Å²) in [5.74, 6) is -1.29. The molecule has 1 N–H and O–H groups in total. The number of aliphatic hydroxyl groups excluding tert-OH is 1. The molecule has 1 saturated carbocycles. The van der Waals surface area contributed by atoms with E-state index < -0.39 is 18.2 Å². The van der Waals surface area contributed by atoms with Crippen LogP contribution in [-0.2, 0) is 0 Å². The number of halogens is 3. The first-order valence-electron chi connectivity index (χ1n) is 8.64. The summed E-state index contributed by atoms with van der Waals surface area (Å²) in [6, 6.07) is -0.0475. The van der Waals surface area contributed by atoms with E-state index in [1.54, 1.807) is 12.5 Å². The van der Waals surface area contributed by atoms with Crippen molar-refractivity contribution >= 4 is 5.57 Å². The molecule has 0 radical (unpaired) electrons. The van der Waals surface area contributed by atoms with Crippen LogP contribution in [0.1, 0.15) is 43.8 Å². The summed E-state index contributed by atoms with van der Waals surface area (Å²) in [6.07, 6.45) is 4.10. The second-order valence-electron chi connectivity index (χ2n) is 7.10. The minimum Gasteiger partial charge on any atom is -0.393 e. The number of imidazole rings is 1. The molecule has 1 fully saturated rings. The lowest BCUT2D eigenvalue weighted by Gasteiger charge is -2.33. The molecule has 2 unspecified atom stereocenters. The lowest BCUT2D eigenvalue weighted by Crippen LogP contribution is -2.33. The Labute approximate surface area is 143 Å². The van der Waals surface area contributed by atoms with Crippen molar-refractivity contribution in [2.75, 3.05) is 0 Å². The Kier molecular flexibility index (Phi) is 3.99. The Hall–Kier alpha value is -2.00. The van der Waals surface area contributed by atoms with Crippen molar-refractivity contribution in [3.63, 3.8) is 0 Å². The van der Waals surface area contributed by atoms with Gasteiger partial charge < -0.3 is 9.67 Å². The SMILES string of the molecule is OC(CC1C2=C(C=C=C=C2)c2cncn21)C1CCC(C(F)(F)F)CC1. The smallest absolute Gasteiger partial charge is 0.391 e. The lowest BCUT2D eigenvalue weighted by atomic mass is 9.77. The van der Waals surface area contributed by atoms with Crippen LogP contribution in [0.4, 0.5) is 13.2 Å². The summed E-state index contributed by atoms with van der Waals surface area (Å²) in [5.41, 5.74) is 8.99. The highest BCUT2D eigenvalue weighted by Gasteiger charge is 2.43. The van der Waals surface area contributed by atoms with Crippen LogP contribution in [-0.4, -0.2) is 26.9 Å². The van der Waals surface area contributed by atoms with Crippen molar-refractivity contribution in [3.05, 3.63) is 47.4 Å². The van der Waals surface area contributed by atoms with Gasteiger partial charge in [0.2, 0.25) is 0 Å². The highest BCUT2D eigenvalue weighted by Crippen LogP contribution is 2.44. The van der Waals surface area contributed by atoms with Gasteiger partial charge in [0, 0.05) is 5.57 Å². The third-order valence-electron chi connectivity index (χ3n) is 5.72. The van der Waals surface area contributed by atoms with Gasteiger partial charge in [-0.15, -0.1) is 0 Å². The zero-order valence-corrected chi connectivity index (χ0v) is 13.6. The third-order valence-corrected chi connectivity index (χ3v) is 5.72. The van der Waals surface area contributed by atoms with Crippen molar-refractivity contribution < 1.29 is 18.3 Å². The van der Waals surface area contributed by atoms with Gasteiger partial charge in [-0.05, 0) is 55.7 Å². The van der Waals surface area contributed by atoms with E-state index in [9.17, 15) is 18.3 Å². The predicted octanol–water partition coefficient (Wildman–Crippen LogP) is 4.19. The maximum absolute atomic E-state index is 12.8. The topological polar surface area (TPSA) is 38.1 Å². The van der Waals surface area contributed by atoms with Gasteiger partial charge in [0.25, 0.3) is 0 Å². The summed E-state index contributed by atoms with van der Waals surface area (Å²) >= 11 is 0.